The number of amides is 2. The molecule has 0 aliphatic carbocycles. The fourth-order valence-electron chi connectivity index (χ4n) is 4.28. The Kier molecular flexibility index (Phi) is 4.62. The number of nitrogens with zero attached hydrogens (tertiary/aromatic N) is 3. The molecule has 28 heavy (non-hydrogen) atoms. The van der Waals surface area contributed by atoms with E-state index in [4.69, 9.17) is 9.15 Å². The minimum absolute atomic E-state index is 0.0567. The van der Waals surface area contributed by atoms with Gasteiger partial charge in [0.15, 0.2) is 12.1 Å². The highest BCUT2D eigenvalue weighted by Crippen LogP contribution is 2.43. The van der Waals surface area contributed by atoms with Crippen LogP contribution in [0.15, 0.2) is 41.1 Å². The first kappa shape index (κ1) is 18.2. The molecule has 0 spiro atoms. The molecule has 2 amide bonds. The molecule has 3 heterocycles. The number of aryl methyl sites for hydroxylation is 1. The SMILES string of the molecule is COC(=O)[C@H]1C[C@H]2CN(C(=O)c3ncoc3C)CC(=O)N2[C@H]1c1ccccc1. The van der Waals surface area contributed by atoms with Crippen LogP contribution in [0.2, 0.25) is 0 Å². The molecule has 0 saturated carbocycles. The number of ether oxygens (including phenoxy) is 1. The number of methoxy groups -OCH3 is 1. The molecule has 0 bridgehead atoms. The third-order valence-electron chi connectivity index (χ3n) is 5.53. The van der Waals surface area contributed by atoms with Crippen molar-refractivity contribution in [1.82, 2.24) is 14.8 Å². The lowest BCUT2D eigenvalue weighted by Gasteiger charge is -2.39. The van der Waals surface area contributed by atoms with Crippen LogP contribution in [-0.4, -0.2) is 58.8 Å². The van der Waals surface area contributed by atoms with Gasteiger partial charge < -0.3 is 19.0 Å². The van der Waals surface area contributed by atoms with Crippen molar-refractivity contribution in [1.29, 1.82) is 0 Å². The second kappa shape index (κ2) is 7.10. The van der Waals surface area contributed by atoms with Crippen molar-refractivity contribution >= 4 is 17.8 Å². The van der Waals surface area contributed by atoms with Gasteiger partial charge in [-0.1, -0.05) is 30.3 Å². The molecule has 1 aromatic heterocycles. The largest absolute Gasteiger partial charge is 0.469 e. The summed E-state index contributed by atoms with van der Waals surface area (Å²) in [5, 5.41) is 0. The second-order valence-corrected chi connectivity index (χ2v) is 7.12. The summed E-state index contributed by atoms with van der Waals surface area (Å²) in [4.78, 5) is 45.4. The van der Waals surface area contributed by atoms with Gasteiger partial charge in [0.2, 0.25) is 5.91 Å². The average Bonchev–Trinajstić information content (AvgIpc) is 3.31. The molecule has 2 aromatic rings. The number of carbonyl (C=O) groups is 3. The van der Waals surface area contributed by atoms with Gasteiger partial charge in [-0.15, -0.1) is 0 Å². The van der Waals surface area contributed by atoms with E-state index in [0.29, 0.717) is 18.7 Å². The summed E-state index contributed by atoms with van der Waals surface area (Å²) in [6.45, 7) is 1.94. The van der Waals surface area contributed by atoms with Gasteiger partial charge in [-0.3, -0.25) is 14.4 Å². The maximum atomic E-state index is 13.0. The normalized spacial score (nSPS) is 24.2. The summed E-state index contributed by atoms with van der Waals surface area (Å²) in [5.74, 6) is -0.921. The molecule has 1 aromatic carbocycles. The van der Waals surface area contributed by atoms with Crippen LogP contribution < -0.4 is 0 Å². The Balaban J connectivity index is 1.64. The van der Waals surface area contributed by atoms with Crippen molar-refractivity contribution in [3.05, 3.63) is 53.7 Å². The number of rotatable bonds is 3. The molecular formula is C20H21N3O5. The van der Waals surface area contributed by atoms with Gasteiger partial charge in [0, 0.05) is 6.54 Å². The highest BCUT2D eigenvalue weighted by molar-refractivity contribution is 5.96. The zero-order valence-corrected chi connectivity index (χ0v) is 15.7. The van der Waals surface area contributed by atoms with Crippen LogP contribution in [-0.2, 0) is 14.3 Å². The number of oxazole rings is 1. The monoisotopic (exact) mass is 383 g/mol. The lowest BCUT2D eigenvalue weighted by Crippen LogP contribution is -2.56. The zero-order chi connectivity index (χ0) is 19.8. The zero-order valence-electron chi connectivity index (χ0n) is 15.7. The molecule has 0 radical (unpaired) electrons. The molecule has 2 aliphatic heterocycles. The number of piperazine rings is 1. The fraction of sp³-hybridized carbons (Fsp3) is 0.400. The summed E-state index contributed by atoms with van der Waals surface area (Å²) in [5.41, 5.74) is 1.10. The smallest absolute Gasteiger partial charge is 0.311 e. The lowest BCUT2D eigenvalue weighted by molar-refractivity contribution is -0.147. The molecule has 3 atom stereocenters. The molecule has 2 saturated heterocycles. The van der Waals surface area contributed by atoms with Gasteiger partial charge in [0.05, 0.1) is 25.1 Å². The molecular weight excluding hydrogens is 362 g/mol. The average molecular weight is 383 g/mol. The van der Waals surface area contributed by atoms with E-state index in [1.165, 1.54) is 18.4 Å². The van der Waals surface area contributed by atoms with E-state index in [-0.39, 0.29) is 36.1 Å². The number of carbonyl (C=O) groups excluding carboxylic acids is 3. The van der Waals surface area contributed by atoms with Gasteiger partial charge in [-0.2, -0.15) is 0 Å². The maximum Gasteiger partial charge on any atom is 0.311 e. The van der Waals surface area contributed by atoms with Crippen LogP contribution in [0, 0.1) is 12.8 Å². The number of aromatic nitrogens is 1. The summed E-state index contributed by atoms with van der Waals surface area (Å²) < 4.78 is 10.1. The van der Waals surface area contributed by atoms with Crippen molar-refractivity contribution in [3.8, 4) is 0 Å². The maximum absolute atomic E-state index is 13.0. The molecule has 8 nitrogen and oxygen atoms in total. The van der Waals surface area contributed by atoms with Gasteiger partial charge in [0.1, 0.15) is 12.3 Å². The fourth-order valence-corrected chi connectivity index (χ4v) is 4.28. The molecule has 2 aliphatic rings. The van der Waals surface area contributed by atoms with Gasteiger partial charge >= 0.3 is 5.97 Å². The van der Waals surface area contributed by atoms with Gasteiger partial charge in [0.25, 0.3) is 5.91 Å². The van der Waals surface area contributed by atoms with Crippen molar-refractivity contribution < 1.29 is 23.5 Å². The van der Waals surface area contributed by atoms with E-state index < -0.39 is 12.0 Å². The standard InChI is InChI=1S/C20H21N3O5/c1-12-17(21-11-28-12)19(25)22-9-14-8-15(20(26)27-2)18(23(14)16(24)10-22)13-6-4-3-5-7-13/h3-7,11,14-15,18H,8-10H2,1-2H3/t14-,15-,18-/m0/s1. The van der Waals surface area contributed by atoms with Crippen LogP contribution >= 0.6 is 0 Å². The van der Waals surface area contributed by atoms with Crippen molar-refractivity contribution in [2.45, 2.75) is 25.4 Å². The Morgan fingerprint density at radius 3 is 2.64 bits per heavy atom. The van der Waals surface area contributed by atoms with Crippen LogP contribution in [0.1, 0.15) is 34.3 Å². The third kappa shape index (κ3) is 2.94. The molecule has 0 unspecified atom stereocenters. The number of esters is 1. The second-order valence-electron chi connectivity index (χ2n) is 7.12. The first-order valence-electron chi connectivity index (χ1n) is 9.14. The Morgan fingerprint density at radius 2 is 2.00 bits per heavy atom. The van der Waals surface area contributed by atoms with E-state index in [1.807, 2.05) is 30.3 Å². The number of hydrogen-bond donors (Lipinski definition) is 0. The van der Waals surface area contributed by atoms with Crippen LogP contribution in [0.25, 0.3) is 0 Å². The quantitative estimate of drug-likeness (QED) is 0.747. The van der Waals surface area contributed by atoms with E-state index >= 15 is 0 Å². The Bertz CT molecular complexity index is 910. The van der Waals surface area contributed by atoms with Crippen LogP contribution in [0.4, 0.5) is 0 Å². The highest BCUT2D eigenvalue weighted by atomic mass is 16.5. The number of benzene rings is 1. The van der Waals surface area contributed by atoms with Crippen molar-refractivity contribution in [2.24, 2.45) is 5.92 Å². The molecule has 146 valence electrons. The highest BCUT2D eigenvalue weighted by Gasteiger charge is 2.51. The third-order valence-corrected chi connectivity index (χ3v) is 5.53. The molecule has 2 fully saturated rings. The summed E-state index contributed by atoms with van der Waals surface area (Å²) in [6.07, 6.45) is 1.66. The van der Waals surface area contributed by atoms with E-state index in [1.54, 1.807) is 11.8 Å². The van der Waals surface area contributed by atoms with Crippen molar-refractivity contribution in [2.75, 3.05) is 20.2 Å². The summed E-state index contributed by atoms with van der Waals surface area (Å²) in [7, 11) is 1.35. The predicted octanol–water partition coefficient (Wildman–Crippen LogP) is 1.57. The molecule has 0 N–H and O–H groups in total. The Morgan fingerprint density at radius 1 is 1.25 bits per heavy atom. The summed E-state index contributed by atoms with van der Waals surface area (Å²) in [6, 6.07) is 8.83. The van der Waals surface area contributed by atoms with E-state index in [2.05, 4.69) is 4.98 Å². The van der Waals surface area contributed by atoms with Gasteiger partial charge in [-0.05, 0) is 18.9 Å². The van der Waals surface area contributed by atoms with Crippen LogP contribution in [0.3, 0.4) is 0 Å². The minimum atomic E-state index is -0.467. The summed E-state index contributed by atoms with van der Waals surface area (Å²) >= 11 is 0. The number of hydrogen-bond acceptors (Lipinski definition) is 6. The van der Waals surface area contributed by atoms with Crippen molar-refractivity contribution in [3.63, 3.8) is 0 Å². The Labute approximate surface area is 162 Å². The predicted molar refractivity (Wildman–Crippen MR) is 97.1 cm³/mol. The van der Waals surface area contributed by atoms with Gasteiger partial charge in [-0.25, -0.2) is 4.98 Å². The molecule has 8 heteroatoms. The minimum Gasteiger partial charge on any atom is -0.469 e. The molecule has 4 rings (SSSR count). The first-order valence-corrected chi connectivity index (χ1v) is 9.14. The lowest BCUT2D eigenvalue weighted by atomic mass is 9.93. The van der Waals surface area contributed by atoms with Crippen LogP contribution in [0.5, 0.6) is 0 Å². The first-order chi connectivity index (χ1) is 13.5. The van der Waals surface area contributed by atoms with E-state index in [9.17, 15) is 14.4 Å². The van der Waals surface area contributed by atoms with E-state index in [0.717, 1.165) is 5.56 Å². The topological polar surface area (TPSA) is 93.0 Å². The number of fused-ring (bicyclic) bond motifs is 1. The Hall–Kier alpha value is -3.16.